The smallest absolute Gasteiger partial charge is 0.122 e. The van der Waals surface area contributed by atoms with Crippen LogP contribution in [0.1, 0.15) is 32.4 Å². The van der Waals surface area contributed by atoms with E-state index >= 15 is 0 Å². The third kappa shape index (κ3) is 5.98. The Morgan fingerprint density at radius 1 is 1.47 bits per heavy atom. The second-order valence-electron chi connectivity index (χ2n) is 5.00. The van der Waals surface area contributed by atoms with Crippen molar-refractivity contribution in [3.63, 3.8) is 0 Å². The van der Waals surface area contributed by atoms with E-state index in [2.05, 4.69) is 36.1 Å². The van der Waals surface area contributed by atoms with Crippen LogP contribution >= 0.6 is 12.2 Å². The van der Waals surface area contributed by atoms with Crippen molar-refractivity contribution in [2.75, 3.05) is 25.5 Å². The fourth-order valence-corrected chi connectivity index (χ4v) is 1.76. The summed E-state index contributed by atoms with van der Waals surface area (Å²) >= 11 is 4.91. The molecule has 0 amide bonds. The highest BCUT2D eigenvalue weighted by Gasteiger charge is 2.02. The molecule has 0 atom stereocenters. The molecule has 1 aromatic heterocycles. The first kappa shape index (κ1) is 15.9. The summed E-state index contributed by atoms with van der Waals surface area (Å²) in [5.41, 5.74) is 7.25. The number of nitrogens with two attached hydrogens (primary N) is 1. The molecule has 0 aliphatic carbocycles. The Kier molecular flexibility index (Phi) is 6.73. The minimum Gasteiger partial charge on any atom is -0.388 e. The Morgan fingerprint density at radius 3 is 2.84 bits per heavy atom. The zero-order valence-electron chi connectivity index (χ0n) is 12.0. The molecule has 0 aliphatic heterocycles. The van der Waals surface area contributed by atoms with Gasteiger partial charge in [-0.1, -0.05) is 12.2 Å². The predicted molar refractivity (Wildman–Crippen MR) is 85.6 cm³/mol. The van der Waals surface area contributed by atoms with Gasteiger partial charge in [0.1, 0.15) is 4.99 Å². The number of pyridine rings is 1. The first-order valence-corrected chi connectivity index (χ1v) is 7.11. The molecule has 0 saturated carbocycles. The van der Waals surface area contributed by atoms with E-state index in [1.54, 1.807) is 6.20 Å². The molecule has 0 spiro atoms. The highest BCUT2D eigenvalue weighted by Crippen LogP contribution is 2.08. The van der Waals surface area contributed by atoms with E-state index in [1.807, 2.05) is 12.1 Å². The molecule has 0 aromatic carbocycles. The van der Waals surface area contributed by atoms with Gasteiger partial charge in [-0.2, -0.15) is 0 Å². The Hall–Kier alpha value is -1.20. The molecular weight excluding hydrogens is 256 g/mol. The van der Waals surface area contributed by atoms with Crippen LogP contribution in [0.25, 0.3) is 0 Å². The third-order valence-corrected chi connectivity index (χ3v) is 3.37. The molecule has 0 radical (unpaired) electrons. The third-order valence-electron chi connectivity index (χ3n) is 3.16. The summed E-state index contributed by atoms with van der Waals surface area (Å²) in [6, 6.07) is 4.44. The number of anilines is 1. The fourth-order valence-electron chi connectivity index (χ4n) is 1.65. The van der Waals surface area contributed by atoms with E-state index in [0.717, 1.165) is 25.2 Å². The minimum absolute atomic E-state index is 0.335. The number of nitrogens with one attached hydrogen (secondary N) is 1. The number of unbranched alkanes of at least 4 members (excludes halogenated alkanes) is 1. The van der Waals surface area contributed by atoms with Crippen molar-refractivity contribution in [1.82, 2.24) is 9.88 Å². The maximum atomic E-state index is 5.56. The maximum absolute atomic E-state index is 5.56. The largest absolute Gasteiger partial charge is 0.388 e. The highest BCUT2D eigenvalue weighted by molar-refractivity contribution is 7.80. The van der Waals surface area contributed by atoms with Crippen LogP contribution in [0, 0.1) is 0 Å². The monoisotopic (exact) mass is 280 g/mol. The van der Waals surface area contributed by atoms with Crippen LogP contribution < -0.4 is 11.1 Å². The number of nitrogens with zero attached hydrogens (tertiary/aromatic N) is 2. The van der Waals surface area contributed by atoms with Crippen LogP contribution in [0.4, 0.5) is 5.69 Å². The van der Waals surface area contributed by atoms with Crippen molar-refractivity contribution in [2.45, 2.75) is 32.7 Å². The van der Waals surface area contributed by atoms with Crippen molar-refractivity contribution in [2.24, 2.45) is 5.73 Å². The molecule has 4 nitrogen and oxygen atoms in total. The van der Waals surface area contributed by atoms with E-state index in [9.17, 15) is 0 Å². The molecular formula is C14H24N4S. The van der Waals surface area contributed by atoms with Gasteiger partial charge in [0, 0.05) is 24.5 Å². The summed E-state index contributed by atoms with van der Waals surface area (Å²) in [7, 11) is 2.16. The van der Waals surface area contributed by atoms with Gasteiger partial charge in [-0.15, -0.1) is 0 Å². The molecule has 0 bridgehead atoms. The lowest BCUT2D eigenvalue weighted by atomic mass is 10.2. The Labute approximate surface area is 121 Å². The van der Waals surface area contributed by atoms with E-state index in [4.69, 9.17) is 18.0 Å². The van der Waals surface area contributed by atoms with E-state index < -0.39 is 0 Å². The second kappa shape index (κ2) is 8.07. The molecule has 19 heavy (non-hydrogen) atoms. The van der Waals surface area contributed by atoms with Gasteiger partial charge in [0.15, 0.2) is 0 Å². The van der Waals surface area contributed by atoms with Gasteiger partial charge in [0.2, 0.25) is 0 Å². The molecule has 1 aromatic rings. The quantitative estimate of drug-likeness (QED) is 0.565. The van der Waals surface area contributed by atoms with Crippen molar-refractivity contribution in [3.05, 3.63) is 24.0 Å². The van der Waals surface area contributed by atoms with Crippen molar-refractivity contribution in [3.8, 4) is 0 Å². The number of hydrogen-bond donors (Lipinski definition) is 2. The number of thiocarbonyl (C=S) groups is 1. The van der Waals surface area contributed by atoms with Crippen LogP contribution in [-0.2, 0) is 0 Å². The lowest BCUT2D eigenvalue weighted by molar-refractivity contribution is 0.269. The molecule has 1 rings (SSSR count). The Morgan fingerprint density at radius 2 is 2.21 bits per heavy atom. The molecule has 0 aliphatic rings. The summed E-state index contributed by atoms with van der Waals surface area (Å²) < 4.78 is 0. The van der Waals surface area contributed by atoms with Crippen LogP contribution in [0.2, 0.25) is 0 Å². The average Bonchev–Trinajstić information content (AvgIpc) is 2.38. The van der Waals surface area contributed by atoms with E-state index in [0.29, 0.717) is 16.7 Å². The topological polar surface area (TPSA) is 54.2 Å². The summed E-state index contributed by atoms with van der Waals surface area (Å²) in [6.07, 6.45) is 4.06. The summed E-state index contributed by atoms with van der Waals surface area (Å²) in [6.45, 7) is 6.51. The minimum atomic E-state index is 0.335. The maximum Gasteiger partial charge on any atom is 0.122 e. The molecule has 1 heterocycles. The SMILES string of the molecule is CC(C)N(C)CCCCNc1ccnc(C(N)=S)c1. The predicted octanol–water partition coefficient (Wildman–Crippen LogP) is 2.25. The average molecular weight is 280 g/mol. The molecule has 5 heteroatoms. The molecule has 0 fully saturated rings. The summed E-state index contributed by atoms with van der Waals surface area (Å²) in [5.74, 6) is 0. The van der Waals surface area contributed by atoms with Gasteiger partial charge in [0.05, 0.1) is 5.69 Å². The lowest BCUT2D eigenvalue weighted by Gasteiger charge is -2.20. The van der Waals surface area contributed by atoms with E-state index in [-0.39, 0.29) is 0 Å². The van der Waals surface area contributed by atoms with Gasteiger partial charge < -0.3 is 16.0 Å². The van der Waals surface area contributed by atoms with Gasteiger partial charge >= 0.3 is 0 Å². The standard InChI is InChI=1S/C14H24N4S/c1-11(2)18(3)9-5-4-7-16-12-6-8-17-13(10-12)14(15)19/h6,8,10-11H,4-5,7,9H2,1-3H3,(H2,15,19)(H,16,17). The Balaban J connectivity index is 2.26. The lowest BCUT2D eigenvalue weighted by Crippen LogP contribution is -2.27. The zero-order chi connectivity index (χ0) is 14.3. The molecule has 0 saturated heterocycles. The number of aromatic nitrogens is 1. The van der Waals surface area contributed by atoms with Gasteiger partial charge in [-0.3, -0.25) is 4.98 Å². The number of hydrogen-bond acceptors (Lipinski definition) is 4. The first-order valence-electron chi connectivity index (χ1n) is 6.70. The summed E-state index contributed by atoms with van der Waals surface area (Å²) in [5, 5.41) is 3.37. The van der Waals surface area contributed by atoms with Crippen molar-refractivity contribution in [1.29, 1.82) is 0 Å². The number of rotatable bonds is 8. The van der Waals surface area contributed by atoms with E-state index in [1.165, 1.54) is 6.42 Å². The van der Waals surface area contributed by atoms with Gasteiger partial charge in [-0.25, -0.2) is 0 Å². The second-order valence-corrected chi connectivity index (χ2v) is 5.44. The summed E-state index contributed by atoms with van der Waals surface area (Å²) in [4.78, 5) is 6.81. The fraction of sp³-hybridized carbons (Fsp3) is 0.571. The normalized spacial score (nSPS) is 11.0. The molecule has 106 valence electrons. The zero-order valence-corrected chi connectivity index (χ0v) is 12.8. The van der Waals surface area contributed by atoms with Crippen LogP contribution in [0.5, 0.6) is 0 Å². The molecule has 3 N–H and O–H groups in total. The van der Waals surface area contributed by atoms with Crippen molar-refractivity contribution >= 4 is 22.9 Å². The molecule has 0 unspecified atom stereocenters. The van der Waals surface area contributed by atoms with Crippen LogP contribution in [-0.4, -0.2) is 41.1 Å². The first-order chi connectivity index (χ1) is 9.00. The Bertz CT molecular complexity index is 406. The highest BCUT2D eigenvalue weighted by atomic mass is 32.1. The van der Waals surface area contributed by atoms with Crippen molar-refractivity contribution < 1.29 is 0 Å². The van der Waals surface area contributed by atoms with Gasteiger partial charge in [0.25, 0.3) is 0 Å². The van der Waals surface area contributed by atoms with Crippen LogP contribution in [0.3, 0.4) is 0 Å². The van der Waals surface area contributed by atoms with Crippen LogP contribution in [0.15, 0.2) is 18.3 Å². The van der Waals surface area contributed by atoms with Gasteiger partial charge in [-0.05, 0) is 52.4 Å².